The van der Waals surface area contributed by atoms with Gasteiger partial charge in [-0.25, -0.2) is 4.79 Å². The molecule has 3 atom stereocenters. The van der Waals surface area contributed by atoms with E-state index < -0.39 is 12.1 Å². The Labute approximate surface area is 187 Å². The van der Waals surface area contributed by atoms with E-state index in [9.17, 15) is 18.0 Å². The number of carbonyl (C=O) groups is 2. The number of fused-ring (bicyclic) bond motifs is 3. The van der Waals surface area contributed by atoms with E-state index in [2.05, 4.69) is 34.1 Å². The summed E-state index contributed by atoms with van der Waals surface area (Å²) in [4.78, 5) is 26.4. The van der Waals surface area contributed by atoms with Crippen LogP contribution in [0.25, 0.3) is 0 Å². The maximum absolute atomic E-state index is 12.8. The molecule has 0 bridgehead atoms. The fourth-order valence-electron chi connectivity index (χ4n) is 4.88. The Kier molecular flexibility index (Phi) is 6.55. The summed E-state index contributed by atoms with van der Waals surface area (Å²) in [6.07, 6.45) is -5.08. The monoisotopic (exact) mass is 468 g/mol. The van der Waals surface area contributed by atoms with Crippen molar-refractivity contribution < 1.29 is 32.6 Å². The Morgan fingerprint density at radius 1 is 1.06 bits per heavy atom. The normalized spacial score (nSPS) is 25.0. The second-order valence-electron chi connectivity index (χ2n) is 8.02. The van der Waals surface area contributed by atoms with Gasteiger partial charge in [0.2, 0.25) is 0 Å². The van der Waals surface area contributed by atoms with Crippen molar-refractivity contribution in [3.8, 4) is 0 Å². The number of thiophene rings is 1. The lowest BCUT2D eigenvalue weighted by molar-refractivity contribution is -0.192. The number of alkyl halides is 3. The summed E-state index contributed by atoms with van der Waals surface area (Å²) in [6, 6.07) is 11.2. The molecule has 1 aromatic heterocycles. The predicted molar refractivity (Wildman–Crippen MR) is 112 cm³/mol. The highest BCUT2D eigenvalue weighted by molar-refractivity contribution is 7.08. The van der Waals surface area contributed by atoms with Gasteiger partial charge in [-0.15, -0.1) is 0 Å². The van der Waals surface area contributed by atoms with Gasteiger partial charge >= 0.3 is 12.1 Å². The van der Waals surface area contributed by atoms with Crippen molar-refractivity contribution in [3.05, 3.63) is 57.8 Å². The predicted octanol–water partition coefficient (Wildman–Crippen LogP) is 3.62. The average Bonchev–Trinajstić information content (AvgIpc) is 3.50. The summed E-state index contributed by atoms with van der Waals surface area (Å²) in [5, 5.41) is 11.1. The lowest BCUT2D eigenvalue weighted by Gasteiger charge is -2.36. The second kappa shape index (κ2) is 9.21. The average molecular weight is 468 g/mol. The van der Waals surface area contributed by atoms with Gasteiger partial charge in [0.1, 0.15) is 0 Å². The highest BCUT2D eigenvalue weighted by Crippen LogP contribution is 2.52. The molecule has 3 aliphatic rings. The Balaban J connectivity index is 0.000000307. The number of aliphatic carboxylic acids is 1. The molecule has 1 aliphatic carbocycles. The number of carboxylic acid groups (broad SMARTS) is 1. The molecule has 3 heterocycles. The number of amides is 1. The molecule has 0 radical (unpaired) electrons. The van der Waals surface area contributed by atoms with E-state index in [0.29, 0.717) is 17.9 Å². The highest BCUT2D eigenvalue weighted by Gasteiger charge is 2.49. The number of rotatable bonds is 2. The molecule has 2 aromatic rings. The summed E-state index contributed by atoms with van der Waals surface area (Å²) in [6.45, 7) is 5.30. The third-order valence-corrected chi connectivity index (χ3v) is 6.90. The first-order valence-corrected chi connectivity index (χ1v) is 11.2. The molecule has 172 valence electrons. The van der Waals surface area contributed by atoms with Crippen molar-refractivity contribution in [2.24, 2.45) is 5.92 Å². The molecule has 2 saturated heterocycles. The highest BCUT2D eigenvalue weighted by atomic mass is 32.1. The van der Waals surface area contributed by atoms with Gasteiger partial charge in [0.25, 0.3) is 5.91 Å². The zero-order valence-electron chi connectivity index (χ0n) is 17.1. The summed E-state index contributed by atoms with van der Waals surface area (Å²) in [5.41, 5.74) is 3.76. The molecule has 10 heteroatoms. The van der Waals surface area contributed by atoms with Gasteiger partial charge in [0.15, 0.2) is 0 Å². The van der Waals surface area contributed by atoms with Crippen LogP contribution in [0, 0.1) is 5.92 Å². The molecule has 1 amide bonds. The van der Waals surface area contributed by atoms with Crippen LogP contribution in [0.5, 0.6) is 0 Å². The fraction of sp³-hybridized carbons (Fsp3) is 0.455. The van der Waals surface area contributed by atoms with E-state index in [4.69, 9.17) is 14.6 Å². The first-order chi connectivity index (χ1) is 15.3. The molecule has 2 fully saturated rings. The van der Waals surface area contributed by atoms with E-state index >= 15 is 0 Å². The van der Waals surface area contributed by atoms with Crippen molar-refractivity contribution in [1.29, 1.82) is 0 Å². The lowest BCUT2D eigenvalue weighted by atomic mass is 9.93. The Morgan fingerprint density at radius 3 is 2.31 bits per heavy atom. The van der Waals surface area contributed by atoms with Gasteiger partial charge in [0.05, 0.1) is 18.8 Å². The van der Waals surface area contributed by atoms with Gasteiger partial charge in [-0.3, -0.25) is 9.69 Å². The van der Waals surface area contributed by atoms with Crippen LogP contribution >= 0.6 is 11.3 Å². The standard InChI is InChI=1S/C20H22N2O2S.C2HF3O2/c23-20(14-5-10-25-13-14)22-11-17-15-3-1-2-4-16(15)19(18(17)12-22)21-6-8-24-9-7-21;3-2(4,5)1(6)7/h1-5,10,13,17-19H,6-9,11-12H2;(H,6,7)/t17-,18-,19-;/m0./s1. The van der Waals surface area contributed by atoms with E-state index in [1.165, 1.54) is 11.1 Å². The molecule has 5 rings (SSSR count). The molecule has 0 unspecified atom stereocenters. The van der Waals surface area contributed by atoms with Gasteiger partial charge < -0.3 is 14.7 Å². The largest absolute Gasteiger partial charge is 0.490 e. The number of ether oxygens (including phenoxy) is 1. The number of hydrogen-bond donors (Lipinski definition) is 1. The number of hydrogen-bond acceptors (Lipinski definition) is 5. The van der Waals surface area contributed by atoms with Crippen molar-refractivity contribution in [1.82, 2.24) is 9.80 Å². The van der Waals surface area contributed by atoms with Crippen LogP contribution in [0.15, 0.2) is 41.1 Å². The Bertz CT molecular complexity index is 960. The third-order valence-electron chi connectivity index (χ3n) is 6.22. The van der Waals surface area contributed by atoms with Crippen LogP contribution in [0.1, 0.15) is 33.4 Å². The first kappa shape index (κ1) is 22.8. The molecule has 1 N–H and O–H groups in total. The van der Waals surface area contributed by atoms with Crippen LogP contribution < -0.4 is 0 Å². The van der Waals surface area contributed by atoms with E-state index in [0.717, 1.165) is 45.0 Å². The first-order valence-electron chi connectivity index (χ1n) is 10.3. The number of halogens is 3. The number of nitrogens with zero attached hydrogens (tertiary/aromatic N) is 2. The minimum Gasteiger partial charge on any atom is -0.475 e. The van der Waals surface area contributed by atoms with Gasteiger partial charge in [-0.1, -0.05) is 24.3 Å². The fourth-order valence-corrected chi connectivity index (χ4v) is 5.51. The molecular formula is C22H23F3N2O4S. The van der Waals surface area contributed by atoms with Crippen molar-refractivity contribution in [2.45, 2.75) is 18.1 Å². The molecule has 6 nitrogen and oxygen atoms in total. The van der Waals surface area contributed by atoms with Crippen molar-refractivity contribution >= 4 is 23.2 Å². The van der Waals surface area contributed by atoms with Gasteiger partial charge in [-0.05, 0) is 22.6 Å². The van der Waals surface area contributed by atoms with Crippen molar-refractivity contribution in [3.63, 3.8) is 0 Å². The quantitative estimate of drug-likeness (QED) is 0.729. The SMILES string of the molecule is O=C(O)C(F)(F)F.O=C(c1ccsc1)N1C[C@H]2[C@@H](C1)c1ccccc1[C@@H]2N1CCOCC1. The minimum atomic E-state index is -5.08. The summed E-state index contributed by atoms with van der Waals surface area (Å²) < 4.78 is 37.3. The summed E-state index contributed by atoms with van der Waals surface area (Å²) >= 11 is 1.59. The molecule has 0 saturated carbocycles. The molecule has 2 aliphatic heterocycles. The minimum absolute atomic E-state index is 0.189. The number of morpholine rings is 1. The molecule has 1 aromatic carbocycles. The van der Waals surface area contributed by atoms with Gasteiger partial charge in [0, 0.05) is 49.4 Å². The maximum Gasteiger partial charge on any atom is 0.490 e. The second-order valence-corrected chi connectivity index (χ2v) is 8.80. The summed E-state index contributed by atoms with van der Waals surface area (Å²) in [5.74, 6) is -1.61. The maximum atomic E-state index is 12.8. The number of carboxylic acids is 1. The molecule has 0 spiro atoms. The number of likely N-dealkylation sites (tertiary alicyclic amines) is 1. The Hall–Kier alpha value is -2.43. The van der Waals surface area contributed by atoms with Crippen molar-refractivity contribution in [2.75, 3.05) is 39.4 Å². The Morgan fingerprint density at radius 2 is 1.72 bits per heavy atom. The van der Waals surface area contributed by atoms with Crippen LogP contribution in [-0.4, -0.2) is 72.4 Å². The van der Waals surface area contributed by atoms with E-state index in [-0.39, 0.29) is 5.91 Å². The smallest absolute Gasteiger partial charge is 0.475 e. The van der Waals surface area contributed by atoms with Gasteiger partial charge in [-0.2, -0.15) is 24.5 Å². The number of carbonyl (C=O) groups excluding carboxylic acids is 1. The summed E-state index contributed by atoms with van der Waals surface area (Å²) in [7, 11) is 0. The third kappa shape index (κ3) is 4.53. The van der Waals surface area contributed by atoms with Crippen LogP contribution in [-0.2, 0) is 9.53 Å². The zero-order chi connectivity index (χ0) is 22.9. The topological polar surface area (TPSA) is 70.1 Å². The lowest BCUT2D eigenvalue weighted by Crippen LogP contribution is -2.42. The van der Waals surface area contributed by atoms with E-state index in [1.807, 2.05) is 16.8 Å². The molecular weight excluding hydrogens is 445 g/mol. The molecule has 32 heavy (non-hydrogen) atoms. The van der Waals surface area contributed by atoms with Crippen LogP contribution in [0.3, 0.4) is 0 Å². The van der Waals surface area contributed by atoms with Crippen LogP contribution in [0.4, 0.5) is 13.2 Å². The number of benzene rings is 1. The zero-order valence-corrected chi connectivity index (χ0v) is 17.9. The van der Waals surface area contributed by atoms with E-state index in [1.54, 1.807) is 11.3 Å². The van der Waals surface area contributed by atoms with Crippen LogP contribution in [0.2, 0.25) is 0 Å².